The number of aliphatic hydroxyl groups is 1. The molecular weight excluding hydrogens is 528 g/mol. The summed E-state index contributed by atoms with van der Waals surface area (Å²) in [5, 5.41) is 17.6. The van der Waals surface area contributed by atoms with Crippen molar-refractivity contribution >= 4 is 26.7 Å². The fourth-order valence-corrected chi connectivity index (χ4v) is 5.63. The molecule has 186 valence electrons. The van der Waals surface area contributed by atoms with Gasteiger partial charge in [0.05, 0.1) is 32.6 Å². The number of fused-ring (bicyclic) bond motifs is 4. The number of hydrogen-bond donors (Lipinski definition) is 1. The summed E-state index contributed by atoms with van der Waals surface area (Å²) < 4.78 is 15.2. The summed E-state index contributed by atoms with van der Waals surface area (Å²) in [6, 6.07) is 26.9. The number of halogens is 1. The third-order valence-electron chi connectivity index (χ3n) is 7.00. The minimum absolute atomic E-state index is 0.172. The largest absolute Gasteiger partial charge is 0.496 e. The van der Waals surface area contributed by atoms with Gasteiger partial charge in [0.2, 0.25) is 0 Å². The van der Waals surface area contributed by atoms with Crippen LogP contribution < -0.4 is 4.74 Å². The molecule has 0 fully saturated rings. The van der Waals surface area contributed by atoms with E-state index in [1.54, 1.807) is 11.8 Å². The molecule has 5 nitrogen and oxygen atoms in total. The summed E-state index contributed by atoms with van der Waals surface area (Å²) in [7, 11) is 1.72. The second-order valence-electron chi connectivity index (χ2n) is 9.40. The molecule has 0 amide bonds. The van der Waals surface area contributed by atoms with Gasteiger partial charge < -0.3 is 14.6 Å². The van der Waals surface area contributed by atoms with Crippen molar-refractivity contribution in [3.63, 3.8) is 0 Å². The van der Waals surface area contributed by atoms with Crippen LogP contribution in [0.15, 0.2) is 95.7 Å². The predicted molar refractivity (Wildman–Crippen MR) is 149 cm³/mol. The van der Waals surface area contributed by atoms with Crippen LogP contribution in [0.5, 0.6) is 5.75 Å². The maximum absolute atomic E-state index is 10.9. The minimum Gasteiger partial charge on any atom is -0.496 e. The maximum atomic E-state index is 10.9. The molecule has 0 saturated heterocycles. The molecule has 37 heavy (non-hydrogen) atoms. The molecule has 1 N–H and O–H groups in total. The first-order valence-electron chi connectivity index (χ1n) is 12.3. The fraction of sp³-hybridized carbons (Fsp3) is 0.194. The van der Waals surface area contributed by atoms with Gasteiger partial charge in [-0.2, -0.15) is 5.10 Å². The van der Waals surface area contributed by atoms with E-state index >= 15 is 0 Å². The van der Waals surface area contributed by atoms with Crippen LogP contribution in [0.25, 0.3) is 21.9 Å². The lowest BCUT2D eigenvalue weighted by molar-refractivity contribution is -0.00268. The number of benzene rings is 4. The lowest BCUT2D eigenvalue weighted by atomic mass is 9.81. The Morgan fingerprint density at radius 3 is 2.68 bits per heavy atom. The number of methoxy groups -OCH3 is 1. The SMILES string of the molecule is COc1cc2ccc(Br)cc2c2c1Cc1ccccc1C2OCC(O)Cn1cc(-c2ccccc2)cn1. The summed E-state index contributed by atoms with van der Waals surface area (Å²) in [5.74, 6) is 0.860. The fourth-order valence-electron chi connectivity index (χ4n) is 5.26. The summed E-state index contributed by atoms with van der Waals surface area (Å²) >= 11 is 3.64. The van der Waals surface area contributed by atoms with Crippen molar-refractivity contribution in [1.82, 2.24) is 9.78 Å². The van der Waals surface area contributed by atoms with E-state index in [9.17, 15) is 5.11 Å². The number of rotatable bonds is 7. The molecule has 1 aromatic heterocycles. The van der Waals surface area contributed by atoms with Crippen molar-refractivity contribution in [3.05, 3.63) is 118 Å². The quantitative estimate of drug-likeness (QED) is 0.248. The highest BCUT2D eigenvalue weighted by Crippen LogP contribution is 2.45. The smallest absolute Gasteiger partial charge is 0.123 e. The lowest BCUT2D eigenvalue weighted by Crippen LogP contribution is -2.26. The normalized spacial score (nSPS) is 15.3. The van der Waals surface area contributed by atoms with Crippen LogP contribution in [-0.4, -0.2) is 34.7 Å². The molecule has 5 aromatic rings. The lowest BCUT2D eigenvalue weighted by Gasteiger charge is -2.31. The van der Waals surface area contributed by atoms with Gasteiger partial charge in [0.15, 0.2) is 0 Å². The number of hydrogen-bond acceptors (Lipinski definition) is 4. The van der Waals surface area contributed by atoms with Crippen molar-refractivity contribution in [3.8, 4) is 16.9 Å². The number of aromatic nitrogens is 2. The molecular formula is C31H27BrN2O3. The van der Waals surface area contributed by atoms with Gasteiger partial charge in [-0.3, -0.25) is 4.68 Å². The second kappa shape index (κ2) is 10.1. The van der Waals surface area contributed by atoms with Crippen molar-refractivity contribution in [2.24, 2.45) is 0 Å². The molecule has 4 aromatic carbocycles. The van der Waals surface area contributed by atoms with E-state index in [0.717, 1.165) is 55.2 Å². The molecule has 6 heteroatoms. The Labute approximate surface area is 224 Å². The molecule has 0 radical (unpaired) electrons. The minimum atomic E-state index is -0.718. The Hall–Kier alpha value is -3.45. The van der Waals surface area contributed by atoms with E-state index in [1.165, 1.54) is 5.56 Å². The van der Waals surface area contributed by atoms with Gasteiger partial charge >= 0.3 is 0 Å². The topological polar surface area (TPSA) is 56.5 Å². The highest BCUT2D eigenvalue weighted by molar-refractivity contribution is 9.10. The third kappa shape index (κ3) is 4.68. The van der Waals surface area contributed by atoms with Crippen LogP contribution in [0.3, 0.4) is 0 Å². The molecule has 2 atom stereocenters. The summed E-state index contributed by atoms with van der Waals surface area (Å²) in [4.78, 5) is 0. The van der Waals surface area contributed by atoms with Crippen LogP contribution in [-0.2, 0) is 17.7 Å². The molecule has 0 spiro atoms. The van der Waals surface area contributed by atoms with Crippen molar-refractivity contribution in [2.45, 2.75) is 25.2 Å². The molecule has 1 aliphatic rings. The molecule has 2 unspecified atom stereocenters. The summed E-state index contributed by atoms with van der Waals surface area (Å²) in [5.41, 5.74) is 6.69. The van der Waals surface area contributed by atoms with Gasteiger partial charge in [-0.05, 0) is 45.7 Å². The number of nitrogens with zero attached hydrogens (tertiary/aromatic N) is 2. The molecule has 0 bridgehead atoms. The Kier molecular flexibility index (Phi) is 6.55. The number of ether oxygens (including phenoxy) is 2. The molecule has 0 saturated carbocycles. The highest BCUT2D eigenvalue weighted by atomic mass is 79.9. The Balaban J connectivity index is 1.30. The van der Waals surface area contributed by atoms with Crippen LogP contribution in [0.4, 0.5) is 0 Å². The monoisotopic (exact) mass is 554 g/mol. The first-order valence-corrected chi connectivity index (χ1v) is 13.1. The zero-order chi connectivity index (χ0) is 25.4. The van der Waals surface area contributed by atoms with Crippen LogP contribution in [0.1, 0.15) is 28.4 Å². The van der Waals surface area contributed by atoms with Crippen molar-refractivity contribution < 1.29 is 14.6 Å². The first-order chi connectivity index (χ1) is 18.1. The molecule has 1 heterocycles. The van der Waals surface area contributed by atoms with E-state index in [2.05, 4.69) is 69.6 Å². The molecule has 0 aliphatic heterocycles. The van der Waals surface area contributed by atoms with Gasteiger partial charge in [0.1, 0.15) is 11.9 Å². The van der Waals surface area contributed by atoms with Gasteiger partial charge in [-0.15, -0.1) is 0 Å². The zero-order valence-corrected chi connectivity index (χ0v) is 22.1. The van der Waals surface area contributed by atoms with Gasteiger partial charge in [-0.25, -0.2) is 0 Å². The van der Waals surface area contributed by atoms with E-state index in [-0.39, 0.29) is 12.7 Å². The summed E-state index contributed by atoms with van der Waals surface area (Å²) in [6.07, 6.45) is 3.52. The first kappa shape index (κ1) is 23.9. The van der Waals surface area contributed by atoms with Gasteiger partial charge in [-0.1, -0.05) is 76.6 Å². The van der Waals surface area contributed by atoms with Gasteiger partial charge in [0, 0.05) is 33.8 Å². The number of aliphatic hydroxyl groups excluding tert-OH is 1. The predicted octanol–water partition coefficient (Wildman–Crippen LogP) is 6.55. The third-order valence-corrected chi connectivity index (χ3v) is 7.49. The standard InChI is InChI=1S/C31H27BrN2O3/c1-36-29-14-22-11-12-24(32)15-27(22)30-28(29)13-21-9-5-6-10-26(21)31(30)37-19-25(35)18-34-17-23(16-33-34)20-7-3-2-4-8-20/h2-12,14-17,25,31,35H,13,18-19H2,1H3. The maximum Gasteiger partial charge on any atom is 0.123 e. The Morgan fingerprint density at radius 2 is 1.84 bits per heavy atom. The van der Waals surface area contributed by atoms with E-state index in [1.807, 2.05) is 42.7 Å². The molecule has 6 rings (SSSR count). The average molecular weight is 555 g/mol. The second-order valence-corrected chi connectivity index (χ2v) is 10.3. The van der Waals surface area contributed by atoms with E-state index < -0.39 is 6.10 Å². The van der Waals surface area contributed by atoms with E-state index in [4.69, 9.17) is 9.47 Å². The zero-order valence-electron chi connectivity index (χ0n) is 20.5. The van der Waals surface area contributed by atoms with Gasteiger partial charge in [0.25, 0.3) is 0 Å². The molecule has 1 aliphatic carbocycles. The average Bonchev–Trinajstić information content (AvgIpc) is 3.39. The van der Waals surface area contributed by atoms with Crippen LogP contribution in [0.2, 0.25) is 0 Å². The Bertz CT molecular complexity index is 1560. The highest BCUT2D eigenvalue weighted by Gasteiger charge is 2.31. The van der Waals surface area contributed by atoms with Crippen LogP contribution >= 0.6 is 15.9 Å². The van der Waals surface area contributed by atoms with Crippen LogP contribution in [0, 0.1) is 0 Å². The van der Waals surface area contributed by atoms with E-state index in [0.29, 0.717) is 6.54 Å². The van der Waals surface area contributed by atoms with Crippen molar-refractivity contribution in [2.75, 3.05) is 13.7 Å². The Morgan fingerprint density at radius 1 is 1.03 bits per heavy atom. The van der Waals surface area contributed by atoms with Crippen molar-refractivity contribution in [1.29, 1.82) is 0 Å². The summed E-state index contributed by atoms with van der Waals surface area (Å²) in [6.45, 7) is 0.518.